The summed E-state index contributed by atoms with van der Waals surface area (Å²) in [5.41, 5.74) is -3.43. The van der Waals surface area contributed by atoms with Gasteiger partial charge in [0.05, 0.1) is 29.8 Å². The summed E-state index contributed by atoms with van der Waals surface area (Å²) >= 11 is 3.91. The summed E-state index contributed by atoms with van der Waals surface area (Å²) < 4.78 is 33.5. The van der Waals surface area contributed by atoms with E-state index < -0.39 is 81.7 Å². The van der Waals surface area contributed by atoms with Crippen LogP contribution in [-0.4, -0.2) is 87.2 Å². The normalized spacial score (nSPS) is 37.0. The Kier molecular flexibility index (Phi) is 10.8. The predicted molar refractivity (Wildman–Crippen MR) is 194 cm³/mol. The number of ether oxygens (including phenoxy) is 3. The number of carbonyl (C=O) groups is 3. The summed E-state index contributed by atoms with van der Waals surface area (Å²) in [7, 11) is -3.90. The van der Waals surface area contributed by atoms with Crippen LogP contribution in [0.1, 0.15) is 78.6 Å². The Bertz CT molecular complexity index is 1470. The van der Waals surface area contributed by atoms with Crippen LogP contribution in [0.3, 0.4) is 0 Å². The number of esters is 2. The molecule has 1 aliphatic heterocycles. The van der Waals surface area contributed by atoms with E-state index in [1.54, 1.807) is 24.3 Å². The zero-order chi connectivity index (χ0) is 36.3. The number of rotatable bonds is 10. The van der Waals surface area contributed by atoms with E-state index in [0.717, 1.165) is 23.7 Å². The van der Waals surface area contributed by atoms with Crippen molar-refractivity contribution >= 4 is 51.0 Å². The van der Waals surface area contributed by atoms with Gasteiger partial charge in [-0.1, -0.05) is 74.3 Å². The fraction of sp³-hybridized carbons (Fsp3) is 0.703. The second-order valence-corrected chi connectivity index (χ2v) is 23.3. The fourth-order valence-corrected chi connectivity index (χ4v) is 14.4. The third-order valence-electron chi connectivity index (χ3n) is 12.5. The van der Waals surface area contributed by atoms with Gasteiger partial charge in [0.15, 0.2) is 20.2 Å². The first kappa shape index (κ1) is 38.6. The van der Waals surface area contributed by atoms with Crippen LogP contribution >= 0.6 is 15.9 Å². The van der Waals surface area contributed by atoms with E-state index in [9.17, 15) is 14.7 Å². The number of fused-ring (bicyclic) bond motifs is 5. The van der Waals surface area contributed by atoms with Gasteiger partial charge in [-0.3, -0.25) is 9.59 Å². The lowest BCUT2D eigenvalue weighted by Gasteiger charge is -2.68. The average Bonchev–Trinajstić information content (AvgIpc) is 3.04. The van der Waals surface area contributed by atoms with Gasteiger partial charge in [0.2, 0.25) is 9.04 Å². The standard InChI is InChI=1S/C37H54BrO9Si2/c1-11-49(12-2,13-3)46-26-19-27-36(42,21-43-27)30-32(45-33(41)24-17-15-14-16-18-24)37(47-48(9)10)20-25(38)22(4)28(34(37,6)7)29(44-23(5)39)31(40)35(26,30)8/h14-18,25-27,29-30,32,42H,11-13,19-21H2,1-10H3/t25-,26+,27-,29-,30+,32+,35-,36+,37-/m1/s1. The average molecular weight is 779 g/mol. The van der Waals surface area contributed by atoms with Crippen LogP contribution in [-0.2, 0) is 32.7 Å². The summed E-state index contributed by atoms with van der Waals surface area (Å²) in [5, 5.41) is 12.9. The Hall–Kier alpha value is -1.68. The highest BCUT2D eigenvalue weighted by atomic mass is 79.9. The molecule has 4 aliphatic rings. The van der Waals surface area contributed by atoms with Crippen molar-refractivity contribution in [3.63, 3.8) is 0 Å². The summed E-state index contributed by atoms with van der Waals surface area (Å²) in [6.07, 6.45) is -3.08. The molecule has 3 fully saturated rings. The lowest BCUT2D eigenvalue weighted by molar-refractivity contribution is -0.339. The number of aliphatic hydroxyl groups is 1. The minimum Gasteiger partial charge on any atom is -0.455 e. The molecule has 1 saturated heterocycles. The molecule has 1 N–H and O–H groups in total. The molecule has 1 radical (unpaired) electrons. The molecular formula is C37H54BrO9Si2. The largest absolute Gasteiger partial charge is 0.455 e. The number of halogens is 1. The van der Waals surface area contributed by atoms with E-state index in [1.807, 2.05) is 46.9 Å². The van der Waals surface area contributed by atoms with Gasteiger partial charge in [-0.2, -0.15) is 0 Å². The van der Waals surface area contributed by atoms with Gasteiger partial charge >= 0.3 is 11.9 Å². The van der Waals surface area contributed by atoms with Gasteiger partial charge in [-0.05, 0) is 69.2 Å². The Morgan fingerprint density at radius 2 is 1.67 bits per heavy atom. The maximum atomic E-state index is 15.7. The Morgan fingerprint density at radius 3 is 2.18 bits per heavy atom. The summed E-state index contributed by atoms with van der Waals surface area (Å²) in [6, 6.07) is 11.3. The fourth-order valence-electron chi connectivity index (χ4n) is 9.50. The van der Waals surface area contributed by atoms with E-state index in [0.29, 0.717) is 17.6 Å². The highest BCUT2D eigenvalue weighted by Crippen LogP contribution is 2.65. The maximum absolute atomic E-state index is 15.7. The van der Waals surface area contributed by atoms with E-state index in [-0.39, 0.29) is 23.6 Å². The molecule has 2 bridgehead atoms. The molecule has 12 heteroatoms. The van der Waals surface area contributed by atoms with E-state index >= 15 is 4.79 Å². The number of carbonyl (C=O) groups excluding carboxylic acids is 3. The first-order chi connectivity index (χ1) is 22.9. The lowest BCUT2D eigenvalue weighted by atomic mass is 9.45. The van der Waals surface area contributed by atoms with Crippen LogP contribution in [0, 0.1) is 16.7 Å². The Labute approximate surface area is 302 Å². The van der Waals surface area contributed by atoms with Crippen molar-refractivity contribution in [1.82, 2.24) is 0 Å². The van der Waals surface area contributed by atoms with Gasteiger partial charge in [-0.15, -0.1) is 0 Å². The minimum absolute atomic E-state index is 0.0422. The molecular weight excluding hydrogens is 724 g/mol. The number of hydrogen-bond donors (Lipinski definition) is 1. The highest BCUT2D eigenvalue weighted by molar-refractivity contribution is 9.09. The van der Waals surface area contributed by atoms with Crippen molar-refractivity contribution in [2.75, 3.05) is 6.61 Å². The van der Waals surface area contributed by atoms with Gasteiger partial charge in [0, 0.05) is 29.5 Å². The van der Waals surface area contributed by atoms with Crippen LogP contribution in [0.15, 0.2) is 41.5 Å². The highest BCUT2D eigenvalue weighted by Gasteiger charge is 2.77. The molecule has 9 nitrogen and oxygen atoms in total. The van der Waals surface area contributed by atoms with Crippen LogP contribution < -0.4 is 0 Å². The van der Waals surface area contributed by atoms with Crippen molar-refractivity contribution < 1.29 is 42.6 Å². The molecule has 271 valence electrons. The number of Topliss-reactive ketones (excluding diaryl/α,β-unsaturated/α-hetero) is 1. The Morgan fingerprint density at radius 1 is 1.06 bits per heavy atom. The van der Waals surface area contributed by atoms with Crippen molar-refractivity contribution in [3.8, 4) is 0 Å². The van der Waals surface area contributed by atoms with Crippen molar-refractivity contribution in [1.29, 1.82) is 0 Å². The summed E-state index contributed by atoms with van der Waals surface area (Å²) in [6.45, 7) is 19.5. The van der Waals surface area contributed by atoms with Crippen molar-refractivity contribution in [2.45, 2.75) is 140 Å². The molecule has 2 saturated carbocycles. The molecule has 49 heavy (non-hydrogen) atoms. The van der Waals surface area contributed by atoms with Crippen molar-refractivity contribution in [2.24, 2.45) is 16.7 Å². The monoisotopic (exact) mass is 777 g/mol. The second-order valence-electron chi connectivity index (χ2n) is 15.5. The van der Waals surface area contributed by atoms with Crippen molar-refractivity contribution in [3.05, 3.63) is 47.0 Å². The molecule has 0 amide bonds. The predicted octanol–water partition coefficient (Wildman–Crippen LogP) is 6.79. The first-order valence-corrected chi connectivity index (χ1v) is 23.6. The number of ketones is 1. The SMILES string of the molecule is CC[Si](CC)(CC)O[C@H]1C[C@H]2OC[C@@]2(O)[C@H]2[C@H](OC(=O)c3ccccc3)[C@]3(O[Si](C)C)C[C@@H](Br)C(C)=C([C@@H](OC(C)=O)C(=O)[C@]12C)C3(C)C. The number of benzene rings is 1. The third-order valence-corrected chi connectivity index (χ3v) is 18.9. The quantitative estimate of drug-likeness (QED) is 0.119. The zero-order valence-corrected chi connectivity index (χ0v) is 34.3. The molecule has 1 heterocycles. The summed E-state index contributed by atoms with van der Waals surface area (Å²) in [4.78, 5) is 42.7. The molecule has 0 aromatic heterocycles. The second kappa shape index (κ2) is 13.7. The van der Waals surface area contributed by atoms with E-state index in [1.165, 1.54) is 6.92 Å². The third kappa shape index (κ3) is 5.98. The van der Waals surface area contributed by atoms with Crippen LogP contribution in [0.5, 0.6) is 0 Å². The number of alkyl halides is 1. The molecule has 1 aromatic carbocycles. The van der Waals surface area contributed by atoms with Gasteiger partial charge in [0.25, 0.3) is 0 Å². The van der Waals surface area contributed by atoms with Crippen LogP contribution in [0.25, 0.3) is 0 Å². The topological polar surface area (TPSA) is 118 Å². The zero-order valence-electron chi connectivity index (χ0n) is 30.7. The molecule has 0 spiro atoms. The lowest BCUT2D eigenvalue weighted by Crippen LogP contribution is -2.82. The molecule has 1 aromatic rings. The molecule has 5 rings (SSSR count). The summed E-state index contributed by atoms with van der Waals surface area (Å²) in [5.74, 6) is -2.54. The Balaban J connectivity index is 1.89. The molecule has 9 atom stereocenters. The van der Waals surface area contributed by atoms with Gasteiger partial charge in [0.1, 0.15) is 17.3 Å². The maximum Gasteiger partial charge on any atom is 0.338 e. The first-order valence-electron chi connectivity index (χ1n) is 17.7. The van der Waals surface area contributed by atoms with Crippen LogP contribution in [0.4, 0.5) is 0 Å². The van der Waals surface area contributed by atoms with Crippen LogP contribution in [0.2, 0.25) is 31.2 Å². The molecule has 0 unspecified atom stereocenters. The van der Waals surface area contributed by atoms with E-state index in [2.05, 4.69) is 36.7 Å². The van der Waals surface area contributed by atoms with Gasteiger partial charge in [-0.25, -0.2) is 4.79 Å². The minimum atomic E-state index is -2.38. The molecule has 3 aliphatic carbocycles. The number of allylic oxidation sites excluding steroid dienone is 1. The smallest absolute Gasteiger partial charge is 0.338 e. The number of hydrogen-bond acceptors (Lipinski definition) is 9. The van der Waals surface area contributed by atoms with Gasteiger partial charge < -0.3 is 28.2 Å². The van der Waals surface area contributed by atoms with E-state index in [4.69, 9.17) is 23.1 Å².